The summed E-state index contributed by atoms with van der Waals surface area (Å²) in [6.45, 7) is 1.94. The van der Waals surface area contributed by atoms with Crippen molar-refractivity contribution in [2.24, 2.45) is 0 Å². The van der Waals surface area contributed by atoms with Crippen LogP contribution in [-0.4, -0.2) is 22.0 Å². The van der Waals surface area contributed by atoms with E-state index in [1.54, 1.807) is 18.2 Å². The number of carbonyl (C=O) groups excluding carboxylic acids is 2. The first-order valence-corrected chi connectivity index (χ1v) is 6.75. The van der Waals surface area contributed by atoms with Crippen LogP contribution in [0.3, 0.4) is 0 Å². The molecule has 1 aromatic heterocycles. The van der Waals surface area contributed by atoms with Crippen molar-refractivity contribution in [1.29, 1.82) is 0 Å². The lowest BCUT2D eigenvalue weighted by molar-refractivity contribution is 0.0845. The first kappa shape index (κ1) is 13.8. The number of benzene rings is 2. The lowest BCUT2D eigenvalue weighted by Crippen LogP contribution is -2.41. The Morgan fingerprint density at radius 2 is 1.64 bits per heavy atom. The molecule has 0 fully saturated rings. The fourth-order valence-corrected chi connectivity index (χ4v) is 2.09. The molecule has 2 aromatic carbocycles. The van der Waals surface area contributed by atoms with E-state index in [1.165, 1.54) is 0 Å². The van der Waals surface area contributed by atoms with E-state index in [9.17, 15) is 9.59 Å². The fourth-order valence-electron chi connectivity index (χ4n) is 2.09. The molecule has 0 aliphatic heterocycles. The minimum atomic E-state index is -0.474. The largest absolute Gasteiger partial charge is 0.290 e. The molecule has 6 heteroatoms. The van der Waals surface area contributed by atoms with E-state index < -0.39 is 5.91 Å². The third-order valence-electron chi connectivity index (χ3n) is 3.29. The molecule has 0 unspecified atom stereocenters. The van der Waals surface area contributed by atoms with Crippen LogP contribution in [0.25, 0.3) is 10.9 Å². The number of nitrogens with one attached hydrogen (secondary N) is 3. The number of carbonyl (C=O) groups is 2. The normalized spacial score (nSPS) is 10.4. The summed E-state index contributed by atoms with van der Waals surface area (Å²) in [5.41, 5.74) is 7.27. The number of aromatic nitrogens is 2. The smallest absolute Gasteiger partial charge is 0.277 e. The van der Waals surface area contributed by atoms with Crippen LogP contribution in [0, 0.1) is 6.92 Å². The summed E-state index contributed by atoms with van der Waals surface area (Å²) in [6.07, 6.45) is 0. The Hall–Kier alpha value is -3.15. The number of aromatic amines is 1. The van der Waals surface area contributed by atoms with E-state index in [0.717, 1.165) is 11.1 Å². The SMILES string of the molecule is Cc1ccc(C(=O)NNC(=O)c2n[nH]c3ccccc23)cc1. The zero-order valence-corrected chi connectivity index (χ0v) is 11.9. The Balaban J connectivity index is 1.70. The van der Waals surface area contributed by atoms with Crippen LogP contribution in [0.15, 0.2) is 48.5 Å². The number of para-hydroxylation sites is 1. The third-order valence-corrected chi connectivity index (χ3v) is 3.29. The Morgan fingerprint density at radius 3 is 2.41 bits per heavy atom. The molecule has 0 aliphatic rings. The van der Waals surface area contributed by atoms with E-state index in [2.05, 4.69) is 21.0 Å². The van der Waals surface area contributed by atoms with Crippen LogP contribution in [0.1, 0.15) is 26.4 Å². The van der Waals surface area contributed by atoms with Crippen molar-refractivity contribution in [3.63, 3.8) is 0 Å². The first-order valence-electron chi connectivity index (χ1n) is 6.75. The van der Waals surface area contributed by atoms with E-state index >= 15 is 0 Å². The van der Waals surface area contributed by atoms with Gasteiger partial charge in [0.2, 0.25) is 0 Å². The summed E-state index contributed by atoms with van der Waals surface area (Å²) < 4.78 is 0. The number of H-pyrrole nitrogens is 1. The molecule has 1 heterocycles. The predicted molar refractivity (Wildman–Crippen MR) is 82.2 cm³/mol. The molecule has 0 saturated carbocycles. The summed E-state index contributed by atoms with van der Waals surface area (Å²) in [4.78, 5) is 24.0. The summed E-state index contributed by atoms with van der Waals surface area (Å²) in [5, 5.41) is 7.44. The summed E-state index contributed by atoms with van der Waals surface area (Å²) in [6, 6.07) is 14.3. The van der Waals surface area contributed by atoms with Gasteiger partial charge in [0, 0.05) is 10.9 Å². The number of rotatable bonds is 2. The lowest BCUT2D eigenvalue weighted by Gasteiger charge is -2.06. The van der Waals surface area contributed by atoms with Gasteiger partial charge in [0.05, 0.1) is 5.52 Å². The van der Waals surface area contributed by atoms with Gasteiger partial charge in [0.1, 0.15) is 0 Å². The highest BCUT2D eigenvalue weighted by Crippen LogP contribution is 2.14. The molecule has 0 aliphatic carbocycles. The molecule has 0 spiro atoms. The molecule has 0 radical (unpaired) electrons. The van der Waals surface area contributed by atoms with E-state index in [4.69, 9.17) is 0 Å². The van der Waals surface area contributed by atoms with Gasteiger partial charge >= 0.3 is 0 Å². The van der Waals surface area contributed by atoms with Crippen LogP contribution in [0.5, 0.6) is 0 Å². The Labute approximate surface area is 126 Å². The molecule has 0 saturated heterocycles. The molecule has 0 bridgehead atoms. The van der Waals surface area contributed by atoms with Crippen LogP contribution in [-0.2, 0) is 0 Å². The second kappa shape index (κ2) is 5.69. The standard InChI is InChI=1S/C16H14N4O2/c1-10-6-8-11(9-7-10)15(21)19-20-16(22)14-12-4-2-3-5-13(12)17-18-14/h2-9H,1H3,(H,17,18)(H,19,21)(H,20,22). The van der Waals surface area contributed by atoms with E-state index in [0.29, 0.717) is 10.9 Å². The monoisotopic (exact) mass is 294 g/mol. The molecule has 0 atom stereocenters. The summed E-state index contributed by atoms with van der Waals surface area (Å²) >= 11 is 0. The zero-order chi connectivity index (χ0) is 15.5. The quantitative estimate of drug-likeness (QED) is 0.631. The minimum absolute atomic E-state index is 0.236. The van der Waals surface area contributed by atoms with Crippen molar-refractivity contribution >= 4 is 22.7 Å². The predicted octanol–water partition coefficient (Wildman–Crippen LogP) is 1.95. The Kier molecular flexibility index (Phi) is 3.57. The average molecular weight is 294 g/mol. The van der Waals surface area contributed by atoms with Gasteiger partial charge < -0.3 is 0 Å². The second-order valence-electron chi connectivity index (χ2n) is 4.89. The van der Waals surface area contributed by atoms with Gasteiger partial charge in [-0.1, -0.05) is 35.9 Å². The first-order chi connectivity index (χ1) is 10.6. The molecule has 3 aromatic rings. The van der Waals surface area contributed by atoms with Gasteiger partial charge in [-0.05, 0) is 25.1 Å². The van der Waals surface area contributed by atoms with Crippen LogP contribution in [0.2, 0.25) is 0 Å². The summed E-state index contributed by atoms with van der Waals surface area (Å²) in [5.74, 6) is -0.855. The topological polar surface area (TPSA) is 86.9 Å². The van der Waals surface area contributed by atoms with Gasteiger partial charge in [-0.3, -0.25) is 25.5 Å². The van der Waals surface area contributed by atoms with Gasteiger partial charge in [-0.25, -0.2) is 0 Å². The number of amides is 2. The van der Waals surface area contributed by atoms with Crippen molar-refractivity contribution in [1.82, 2.24) is 21.0 Å². The highest BCUT2D eigenvalue weighted by Gasteiger charge is 2.14. The second-order valence-corrected chi connectivity index (χ2v) is 4.89. The molecular weight excluding hydrogens is 280 g/mol. The molecule has 6 nitrogen and oxygen atoms in total. The Bertz CT molecular complexity index is 837. The number of hydrogen-bond donors (Lipinski definition) is 3. The zero-order valence-electron chi connectivity index (χ0n) is 11.9. The number of hydrazine groups is 1. The fraction of sp³-hybridized carbons (Fsp3) is 0.0625. The van der Waals surface area contributed by atoms with Crippen molar-refractivity contribution in [3.8, 4) is 0 Å². The molecular formula is C16H14N4O2. The average Bonchev–Trinajstić information content (AvgIpc) is 2.97. The molecule has 110 valence electrons. The number of hydrogen-bond acceptors (Lipinski definition) is 3. The third kappa shape index (κ3) is 2.67. The van der Waals surface area contributed by atoms with Gasteiger partial charge in [-0.2, -0.15) is 5.10 Å². The van der Waals surface area contributed by atoms with Crippen LogP contribution >= 0.6 is 0 Å². The summed E-state index contributed by atoms with van der Waals surface area (Å²) in [7, 11) is 0. The maximum absolute atomic E-state index is 12.1. The number of nitrogens with zero attached hydrogens (tertiary/aromatic N) is 1. The number of aryl methyl sites for hydroxylation is 1. The minimum Gasteiger partial charge on any atom is -0.277 e. The van der Waals surface area contributed by atoms with Crippen LogP contribution < -0.4 is 10.9 Å². The van der Waals surface area contributed by atoms with Crippen molar-refractivity contribution in [2.75, 3.05) is 0 Å². The molecule has 3 rings (SSSR count). The van der Waals surface area contributed by atoms with Crippen molar-refractivity contribution in [3.05, 3.63) is 65.4 Å². The highest BCUT2D eigenvalue weighted by molar-refractivity contribution is 6.05. The van der Waals surface area contributed by atoms with Gasteiger partial charge in [-0.15, -0.1) is 0 Å². The molecule has 3 N–H and O–H groups in total. The van der Waals surface area contributed by atoms with Gasteiger partial charge in [0.15, 0.2) is 5.69 Å². The lowest BCUT2D eigenvalue weighted by atomic mass is 10.1. The Morgan fingerprint density at radius 1 is 0.955 bits per heavy atom. The van der Waals surface area contributed by atoms with Crippen molar-refractivity contribution in [2.45, 2.75) is 6.92 Å². The maximum atomic E-state index is 12.1. The van der Waals surface area contributed by atoms with Gasteiger partial charge in [0.25, 0.3) is 11.8 Å². The van der Waals surface area contributed by atoms with E-state index in [1.807, 2.05) is 37.3 Å². The molecule has 22 heavy (non-hydrogen) atoms. The highest BCUT2D eigenvalue weighted by atomic mass is 16.2. The van der Waals surface area contributed by atoms with Crippen LogP contribution in [0.4, 0.5) is 0 Å². The maximum Gasteiger partial charge on any atom is 0.290 e. The van der Waals surface area contributed by atoms with E-state index in [-0.39, 0.29) is 11.6 Å². The van der Waals surface area contributed by atoms with Crippen molar-refractivity contribution < 1.29 is 9.59 Å². The number of fused-ring (bicyclic) bond motifs is 1. The molecule has 2 amide bonds.